The van der Waals surface area contributed by atoms with Crippen LogP contribution in [0.4, 0.5) is 0 Å². The van der Waals surface area contributed by atoms with E-state index in [-0.39, 0.29) is 30.9 Å². The molecule has 2 bridgehead atoms. The highest BCUT2D eigenvalue weighted by atomic mass is 16.6. The van der Waals surface area contributed by atoms with Crippen LogP contribution in [-0.2, 0) is 28.6 Å². The van der Waals surface area contributed by atoms with Crippen LogP contribution in [-0.4, -0.2) is 121 Å². The topological polar surface area (TPSA) is 109 Å². The van der Waals surface area contributed by atoms with Gasteiger partial charge in [-0.3, -0.25) is 19.3 Å². The van der Waals surface area contributed by atoms with Gasteiger partial charge in [0.25, 0.3) is 0 Å². The number of morpholine rings is 1. The second-order valence-corrected chi connectivity index (χ2v) is 10.6. The Balaban J connectivity index is 1.68. The molecule has 0 radical (unpaired) electrons. The Morgan fingerprint density at radius 3 is 2.67 bits per heavy atom. The number of likely N-dealkylation sites (tertiary alicyclic amines) is 1. The van der Waals surface area contributed by atoms with Gasteiger partial charge in [-0.15, -0.1) is 6.58 Å². The van der Waals surface area contributed by atoms with Crippen molar-refractivity contribution in [1.82, 2.24) is 14.7 Å². The number of amides is 2. The van der Waals surface area contributed by atoms with Crippen molar-refractivity contribution in [2.75, 3.05) is 59.2 Å². The van der Waals surface area contributed by atoms with E-state index in [4.69, 9.17) is 14.2 Å². The maximum atomic E-state index is 14.3. The minimum Gasteiger partial charge on any atom is -0.466 e. The summed E-state index contributed by atoms with van der Waals surface area (Å²) in [5.41, 5.74) is -1.10. The summed E-state index contributed by atoms with van der Waals surface area (Å²) in [7, 11) is 0. The largest absolute Gasteiger partial charge is 0.466 e. The number of hydrogen-bond donors (Lipinski definition) is 1. The smallest absolute Gasteiger partial charge is 0.312 e. The number of aliphatic hydroxyl groups excluding tert-OH is 1. The predicted octanol–water partition coefficient (Wildman–Crippen LogP) is 0.288. The minimum absolute atomic E-state index is 0.0936. The number of rotatable bonds is 11. The number of hydrogen-bond acceptors (Lipinski definition) is 8. The average Bonchev–Trinajstić information content (AvgIpc) is 3.50. The molecule has 0 aromatic rings. The molecular weight excluding hydrogens is 466 g/mol. The molecule has 10 heteroatoms. The summed E-state index contributed by atoms with van der Waals surface area (Å²) in [5.74, 6) is -2.59. The van der Waals surface area contributed by atoms with Crippen molar-refractivity contribution < 1.29 is 33.7 Å². The van der Waals surface area contributed by atoms with Gasteiger partial charge in [-0.25, -0.2) is 0 Å². The van der Waals surface area contributed by atoms with E-state index >= 15 is 0 Å². The quantitative estimate of drug-likeness (QED) is 0.314. The monoisotopic (exact) mass is 507 g/mol. The summed E-state index contributed by atoms with van der Waals surface area (Å²) in [6.45, 7) is 13.8. The van der Waals surface area contributed by atoms with Crippen molar-refractivity contribution in [2.45, 2.75) is 57.4 Å². The summed E-state index contributed by atoms with van der Waals surface area (Å²) in [5, 5.41) is 10.3. The Labute approximate surface area is 213 Å². The molecule has 6 atom stereocenters. The van der Waals surface area contributed by atoms with Crippen LogP contribution in [0, 0.1) is 17.8 Å². The summed E-state index contributed by atoms with van der Waals surface area (Å²) in [4.78, 5) is 46.8. The SMILES string of the molecule is C=CCN(CCN1CCOCC1)C(=O)C1N([C@@H](CO)C(C)C)C(=O)[C@@H]2[C@@H](C(=O)OCC)[C@H]3CCC12O3. The van der Waals surface area contributed by atoms with Gasteiger partial charge in [-0.2, -0.15) is 0 Å². The average molecular weight is 508 g/mol. The van der Waals surface area contributed by atoms with Crippen molar-refractivity contribution >= 4 is 17.8 Å². The summed E-state index contributed by atoms with van der Waals surface area (Å²) >= 11 is 0. The first-order valence-electron chi connectivity index (χ1n) is 13.3. The molecule has 1 spiro atoms. The maximum Gasteiger partial charge on any atom is 0.312 e. The van der Waals surface area contributed by atoms with Gasteiger partial charge in [-0.05, 0) is 25.7 Å². The minimum atomic E-state index is -1.10. The van der Waals surface area contributed by atoms with Gasteiger partial charge < -0.3 is 29.1 Å². The van der Waals surface area contributed by atoms with Gasteiger partial charge >= 0.3 is 5.97 Å². The highest BCUT2D eigenvalue weighted by molar-refractivity contribution is 5.98. The van der Waals surface area contributed by atoms with E-state index < -0.39 is 41.6 Å². The van der Waals surface area contributed by atoms with Gasteiger partial charge in [0.2, 0.25) is 11.8 Å². The van der Waals surface area contributed by atoms with Gasteiger partial charge in [0.1, 0.15) is 11.6 Å². The third kappa shape index (κ3) is 4.57. The highest BCUT2D eigenvalue weighted by Crippen LogP contribution is 2.59. The zero-order valence-corrected chi connectivity index (χ0v) is 21.8. The molecule has 4 fully saturated rings. The second-order valence-electron chi connectivity index (χ2n) is 10.6. The molecule has 4 aliphatic rings. The molecule has 36 heavy (non-hydrogen) atoms. The molecule has 2 amide bonds. The molecule has 0 aromatic heterocycles. The standard InChI is InChI=1S/C26H41N3O7/c1-5-9-28(11-10-27-12-14-34-15-13-27)24(32)22-26-8-7-19(36-26)20(25(33)35-6-2)21(26)23(31)29(22)18(16-30)17(3)4/h5,17-22,30H,1,6-16H2,2-4H3/t18-,19+,20-,21-,22?,26?/m0/s1. The van der Waals surface area contributed by atoms with E-state index in [0.29, 0.717) is 45.7 Å². The van der Waals surface area contributed by atoms with Crippen LogP contribution >= 0.6 is 0 Å². The van der Waals surface area contributed by atoms with Crippen molar-refractivity contribution in [3.63, 3.8) is 0 Å². The Bertz CT molecular complexity index is 845. The zero-order valence-electron chi connectivity index (χ0n) is 21.8. The fraction of sp³-hybridized carbons (Fsp3) is 0.808. The molecule has 0 aliphatic carbocycles. The third-order valence-corrected chi connectivity index (χ3v) is 8.30. The fourth-order valence-corrected chi connectivity index (χ4v) is 6.56. The van der Waals surface area contributed by atoms with E-state index in [9.17, 15) is 19.5 Å². The molecule has 4 aliphatic heterocycles. The molecule has 4 rings (SSSR count). The lowest BCUT2D eigenvalue weighted by atomic mass is 9.70. The Morgan fingerprint density at radius 2 is 2.06 bits per heavy atom. The normalized spacial score (nSPS) is 32.6. The molecule has 1 N–H and O–H groups in total. The van der Waals surface area contributed by atoms with Crippen molar-refractivity contribution in [1.29, 1.82) is 0 Å². The van der Waals surface area contributed by atoms with E-state index in [2.05, 4.69) is 11.5 Å². The van der Waals surface area contributed by atoms with E-state index in [0.717, 1.165) is 13.1 Å². The first-order chi connectivity index (χ1) is 17.3. The molecule has 0 aromatic carbocycles. The number of nitrogens with zero attached hydrogens (tertiary/aromatic N) is 3. The predicted molar refractivity (Wildman–Crippen MR) is 131 cm³/mol. The summed E-state index contributed by atoms with van der Waals surface area (Å²) < 4.78 is 17.2. The lowest BCUT2D eigenvalue weighted by Gasteiger charge is -2.40. The second kappa shape index (κ2) is 11.2. The van der Waals surface area contributed by atoms with E-state index in [1.807, 2.05) is 13.8 Å². The summed E-state index contributed by atoms with van der Waals surface area (Å²) in [6, 6.07) is -1.48. The van der Waals surface area contributed by atoms with E-state index in [1.165, 1.54) is 4.90 Å². The molecule has 2 unspecified atom stereocenters. The lowest BCUT2D eigenvalue weighted by molar-refractivity contribution is -0.156. The van der Waals surface area contributed by atoms with Crippen molar-refractivity contribution in [3.05, 3.63) is 12.7 Å². The van der Waals surface area contributed by atoms with Crippen LogP contribution in [0.2, 0.25) is 0 Å². The zero-order chi connectivity index (χ0) is 26.0. The molecule has 4 saturated heterocycles. The van der Waals surface area contributed by atoms with Gasteiger partial charge in [0, 0.05) is 32.7 Å². The van der Waals surface area contributed by atoms with Gasteiger partial charge in [-0.1, -0.05) is 19.9 Å². The van der Waals surface area contributed by atoms with Gasteiger partial charge in [0.05, 0.1) is 50.4 Å². The Hall–Kier alpha value is -2.01. The van der Waals surface area contributed by atoms with Crippen LogP contribution in [0.1, 0.15) is 33.6 Å². The number of carbonyl (C=O) groups is 3. The molecule has 0 saturated carbocycles. The van der Waals surface area contributed by atoms with Crippen LogP contribution < -0.4 is 0 Å². The van der Waals surface area contributed by atoms with Gasteiger partial charge in [0.15, 0.2) is 0 Å². The number of aliphatic hydroxyl groups is 1. The number of esters is 1. The fourth-order valence-electron chi connectivity index (χ4n) is 6.56. The third-order valence-electron chi connectivity index (χ3n) is 8.30. The number of fused-ring (bicyclic) bond motifs is 1. The summed E-state index contributed by atoms with van der Waals surface area (Å²) in [6.07, 6.45) is 2.35. The lowest BCUT2D eigenvalue weighted by Crippen LogP contribution is -2.60. The molecular formula is C26H41N3O7. The Kier molecular flexibility index (Phi) is 8.38. The molecule has 4 heterocycles. The number of ether oxygens (including phenoxy) is 3. The number of carbonyl (C=O) groups excluding carboxylic acids is 3. The van der Waals surface area contributed by atoms with Crippen LogP contribution in [0.3, 0.4) is 0 Å². The van der Waals surface area contributed by atoms with Crippen LogP contribution in [0.25, 0.3) is 0 Å². The molecule has 202 valence electrons. The maximum absolute atomic E-state index is 14.3. The van der Waals surface area contributed by atoms with Crippen molar-refractivity contribution in [3.8, 4) is 0 Å². The first-order valence-corrected chi connectivity index (χ1v) is 13.3. The van der Waals surface area contributed by atoms with Crippen LogP contribution in [0.5, 0.6) is 0 Å². The molecule has 10 nitrogen and oxygen atoms in total. The highest BCUT2D eigenvalue weighted by Gasteiger charge is 2.75. The first kappa shape index (κ1) is 27.0. The van der Waals surface area contributed by atoms with Crippen molar-refractivity contribution in [2.24, 2.45) is 17.8 Å². The van der Waals surface area contributed by atoms with Crippen LogP contribution in [0.15, 0.2) is 12.7 Å². The van der Waals surface area contributed by atoms with E-state index in [1.54, 1.807) is 17.9 Å². The Morgan fingerprint density at radius 1 is 1.33 bits per heavy atom.